The van der Waals surface area contributed by atoms with Gasteiger partial charge in [0.15, 0.2) is 17.3 Å². The van der Waals surface area contributed by atoms with E-state index in [9.17, 15) is 19.7 Å². The molecule has 4 aromatic carbocycles. The van der Waals surface area contributed by atoms with Crippen LogP contribution in [0.2, 0.25) is 0 Å². The molecular formula is C39H38N8O7. The molecule has 276 valence electrons. The van der Waals surface area contributed by atoms with Gasteiger partial charge in [0.05, 0.1) is 32.4 Å². The van der Waals surface area contributed by atoms with Crippen molar-refractivity contribution in [3.05, 3.63) is 129 Å². The van der Waals surface area contributed by atoms with E-state index in [0.717, 1.165) is 11.1 Å². The highest BCUT2D eigenvalue weighted by Crippen LogP contribution is 2.48. The standard InChI is InChI=1S/C39H38N8O7/c1-22-27(20-41-29-19-30(52-4)34(53-5)35(54-6)33(29)23(2)46-24(3)40-21-31(46)47(50)51)17-18-28-32(22)36(43-37(48)25-13-9-7-10-14-25)44-39(42-28)45-38(49)26-15-11-8-12-16-26/h7-19,21,23,41H,20H2,1-6H3,(H2,42,43,44,45,48,49). The zero-order valence-corrected chi connectivity index (χ0v) is 30.5. The molecule has 0 saturated carbocycles. The molecule has 0 fully saturated rings. The van der Waals surface area contributed by atoms with E-state index < -0.39 is 16.9 Å². The Morgan fingerprint density at radius 2 is 1.48 bits per heavy atom. The number of imidazole rings is 1. The van der Waals surface area contributed by atoms with Crippen molar-refractivity contribution in [3.63, 3.8) is 0 Å². The number of benzene rings is 4. The second-order valence-electron chi connectivity index (χ2n) is 12.2. The number of hydrogen-bond acceptors (Lipinski definition) is 11. The van der Waals surface area contributed by atoms with Gasteiger partial charge in [0.25, 0.3) is 11.8 Å². The van der Waals surface area contributed by atoms with E-state index >= 15 is 0 Å². The Labute approximate surface area is 310 Å². The van der Waals surface area contributed by atoms with Crippen molar-refractivity contribution in [2.24, 2.45) is 0 Å². The number of ether oxygens (including phenoxy) is 3. The average molecular weight is 731 g/mol. The Morgan fingerprint density at radius 3 is 2.07 bits per heavy atom. The van der Waals surface area contributed by atoms with Crippen LogP contribution in [0.5, 0.6) is 17.2 Å². The quantitative estimate of drug-likeness (QED) is 0.0813. The summed E-state index contributed by atoms with van der Waals surface area (Å²) < 4.78 is 18.7. The van der Waals surface area contributed by atoms with Crippen LogP contribution in [0.1, 0.15) is 56.2 Å². The first-order valence-corrected chi connectivity index (χ1v) is 16.8. The summed E-state index contributed by atoms with van der Waals surface area (Å²) in [5.41, 5.74) is 4.04. The van der Waals surface area contributed by atoms with Gasteiger partial charge in [-0.05, 0) is 60.2 Å². The molecule has 0 saturated heterocycles. The number of nitrogens with zero attached hydrogens (tertiary/aromatic N) is 5. The van der Waals surface area contributed by atoms with E-state index in [2.05, 4.69) is 30.9 Å². The SMILES string of the molecule is COc1cc(NCc2ccc3nc(NC(=O)c4ccccc4)nc(NC(=O)c4ccccc4)c3c2C)c(C(C)n2c([N+](=O)[O-])cnc2C)c(OC)c1OC. The Balaban J connectivity index is 1.42. The van der Waals surface area contributed by atoms with Gasteiger partial charge in [-0.2, -0.15) is 4.98 Å². The number of aryl methyl sites for hydroxylation is 2. The van der Waals surface area contributed by atoms with Crippen molar-refractivity contribution in [2.75, 3.05) is 37.3 Å². The number of aromatic nitrogens is 4. The van der Waals surface area contributed by atoms with E-state index in [0.29, 0.717) is 56.4 Å². The summed E-state index contributed by atoms with van der Waals surface area (Å²) in [6.07, 6.45) is 1.22. The van der Waals surface area contributed by atoms with E-state index in [1.807, 2.05) is 32.0 Å². The molecule has 0 bridgehead atoms. The fraction of sp³-hybridized carbons (Fsp3) is 0.205. The first kappa shape index (κ1) is 36.8. The summed E-state index contributed by atoms with van der Waals surface area (Å²) in [7, 11) is 4.48. The zero-order chi connectivity index (χ0) is 38.5. The van der Waals surface area contributed by atoms with Crippen LogP contribution in [0, 0.1) is 24.0 Å². The molecule has 1 atom stereocenters. The fourth-order valence-electron chi connectivity index (χ4n) is 6.42. The molecular weight excluding hydrogens is 692 g/mol. The van der Waals surface area contributed by atoms with Crippen LogP contribution in [0.15, 0.2) is 85.1 Å². The lowest BCUT2D eigenvalue weighted by Gasteiger charge is -2.24. The van der Waals surface area contributed by atoms with Gasteiger partial charge in [-0.15, -0.1) is 0 Å². The highest BCUT2D eigenvalue weighted by Gasteiger charge is 2.32. The minimum Gasteiger partial charge on any atom is -0.493 e. The number of methoxy groups -OCH3 is 3. The molecule has 0 aliphatic heterocycles. The maximum absolute atomic E-state index is 13.4. The van der Waals surface area contributed by atoms with Gasteiger partial charge in [0.1, 0.15) is 18.1 Å². The first-order chi connectivity index (χ1) is 26.1. The maximum Gasteiger partial charge on any atom is 0.343 e. The van der Waals surface area contributed by atoms with Gasteiger partial charge in [0.2, 0.25) is 11.7 Å². The predicted molar refractivity (Wildman–Crippen MR) is 204 cm³/mol. The minimum atomic E-state index is -0.638. The van der Waals surface area contributed by atoms with Crippen LogP contribution in [-0.4, -0.2) is 57.6 Å². The lowest BCUT2D eigenvalue weighted by Crippen LogP contribution is -2.18. The first-order valence-electron chi connectivity index (χ1n) is 16.8. The van der Waals surface area contributed by atoms with Gasteiger partial charge in [-0.25, -0.2) is 14.5 Å². The average Bonchev–Trinajstić information content (AvgIpc) is 3.58. The molecule has 6 rings (SSSR count). The second kappa shape index (κ2) is 15.7. The van der Waals surface area contributed by atoms with Crippen molar-refractivity contribution in [1.29, 1.82) is 0 Å². The Hall–Kier alpha value is -7.03. The zero-order valence-electron chi connectivity index (χ0n) is 30.5. The summed E-state index contributed by atoms with van der Waals surface area (Å²) in [5, 5.41) is 21.7. The summed E-state index contributed by atoms with van der Waals surface area (Å²) in [5.74, 6) is 0.716. The Kier molecular flexibility index (Phi) is 10.7. The normalized spacial score (nSPS) is 11.4. The molecule has 1 unspecified atom stereocenters. The molecule has 0 aliphatic carbocycles. The van der Waals surface area contributed by atoms with Crippen molar-refractivity contribution in [3.8, 4) is 17.2 Å². The molecule has 54 heavy (non-hydrogen) atoms. The summed E-state index contributed by atoms with van der Waals surface area (Å²) in [6, 6.07) is 22.2. The largest absolute Gasteiger partial charge is 0.493 e. The van der Waals surface area contributed by atoms with Crippen LogP contribution in [0.3, 0.4) is 0 Å². The fourth-order valence-corrected chi connectivity index (χ4v) is 6.42. The van der Waals surface area contributed by atoms with Crippen LogP contribution < -0.4 is 30.2 Å². The highest BCUT2D eigenvalue weighted by molar-refractivity contribution is 6.09. The van der Waals surface area contributed by atoms with Crippen molar-refractivity contribution in [1.82, 2.24) is 19.5 Å². The predicted octanol–water partition coefficient (Wildman–Crippen LogP) is 7.10. The van der Waals surface area contributed by atoms with Gasteiger partial charge in [0, 0.05) is 41.7 Å². The number of hydrogen-bond donors (Lipinski definition) is 3. The van der Waals surface area contributed by atoms with Gasteiger partial charge < -0.3 is 35.0 Å². The maximum atomic E-state index is 13.4. The molecule has 0 spiro atoms. The molecule has 3 N–H and O–H groups in total. The van der Waals surface area contributed by atoms with E-state index in [4.69, 9.17) is 14.2 Å². The third-order valence-corrected chi connectivity index (χ3v) is 9.06. The van der Waals surface area contributed by atoms with Crippen LogP contribution in [0.4, 0.5) is 23.3 Å². The molecule has 0 aliphatic rings. The Morgan fingerprint density at radius 1 is 0.852 bits per heavy atom. The molecule has 6 aromatic rings. The monoisotopic (exact) mass is 730 g/mol. The third kappa shape index (κ3) is 7.19. The molecule has 15 heteroatoms. The number of carbonyl (C=O) groups excluding carboxylic acids is 2. The summed E-state index contributed by atoms with van der Waals surface area (Å²) in [4.78, 5) is 51.4. The van der Waals surface area contributed by atoms with Gasteiger partial charge in [-0.3, -0.25) is 14.9 Å². The van der Waals surface area contributed by atoms with Gasteiger partial charge in [-0.1, -0.05) is 42.5 Å². The number of carbonyl (C=O) groups is 2. The number of anilines is 3. The second-order valence-corrected chi connectivity index (χ2v) is 12.2. The topological polar surface area (TPSA) is 185 Å². The van der Waals surface area contributed by atoms with Crippen LogP contribution >= 0.6 is 0 Å². The van der Waals surface area contributed by atoms with E-state index in [1.54, 1.807) is 67.6 Å². The van der Waals surface area contributed by atoms with E-state index in [1.165, 1.54) is 32.1 Å². The number of nitro groups is 1. The lowest BCUT2D eigenvalue weighted by molar-refractivity contribution is -0.392. The lowest BCUT2D eigenvalue weighted by atomic mass is 10.0. The Bertz CT molecular complexity index is 2370. The molecule has 0 radical (unpaired) electrons. The summed E-state index contributed by atoms with van der Waals surface area (Å²) in [6.45, 7) is 5.64. The third-order valence-electron chi connectivity index (χ3n) is 9.06. The molecule has 2 aromatic heterocycles. The van der Waals surface area contributed by atoms with Gasteiger partial charge >= 0.3 is 5.82 Å². The molecule has 15 nitrogen and oxygen atoms in total. The van der Waals surface area contributed by atoms with Crippen LogP contribution in [0.25, 0.3) is 10.9 Å². The smallest absolute Gasteiger partial charge is 0.343 e. The number of nitrogens with one attached hydrogen (secondary N) is 3. The number of rotatable bonds is 13. The number of fused-ring (bicyclic) bond motifs is 1. The van der Waals surface area contributed by atoms with Crippen molar-refractivity contribution in [2.45, 2.75) is 33.4 Å². The highest BCUT2D eigenvalue weighted by atomic mass is 16.6. The minimum absolute atomic E-state index is 0.0185. The number of amides is 2. The molecule has 2 heterocycles. The molecule has 2 amide bonds. The van der Waals surface area contributed by atoms with Crippen molar-refractivity contribution >= 4 is 46.0 Å². The van der Waals surface area contributed by atoms with Crippen LogP contribution in [-0.2, 0) is 6.54 Å². The van der Waals surface area contributed by atoms with E-state index in [-0.39, 0.29) is 30.0 Å². The van der Waals surface area contributed by atoms with Crippen molar-refractivity contribution < 1.29 is 28.7 Å². The summed E-state index contributed by atoms with van der Waals surface area (Å²) >= 11 is 0.